The number of hydrogen-bond acceptors (Lipinski definition) is 10. The molecule has 0 aliphatic heterocycles. The Balaban J connectivity index is 4.46. The van der Waals surface area contributed by atoms with Crippen molar-refractivity contribution < 1.29 is 52.9 Å². The molecular weight excluding hydrogens is 735 g/mol. The van der Waals surface area contributed by atoms with E-state index >= 15 is 0 Å². The Morgan fingerprint density at radius 1 is 0.607 bits per heavy atom. The molecule has 0 saturated heterocycles. The van der Waals surface area contributed by atoms with Gasteiger partial charge in [0.05, 0.1) is 25.9 Å². The first-order chi connectivity index (χ1) is 27.1. The van der Waals surface area contributed by atoms with Crippen molar-refractivity contribution in [3.63, 3.8) is 0 Å². The third-order valence-corrected chi connectivity index (χ3v) is 10.0. The Morgan fingerprint density at radius 2 is 1.14 bits per heavy atom. The molecule has 11 nitrogen and oxygen atoms in total. The lowest BCUT2D eigenvalue weighted by atomic mass is 10.0. The first kappa shape index (κ1) is 53.9. The monoisotopic (exact) mass is 815 g/mol. The second-order valence-corrected chi connectivity index (χ2v) is 16.0. The molecule has 1 unspecified atom stereocenters. The van der Waals surface area contributed by atoms with Crippen LogP contribution in [0.1, 0.15) is 174 Å². The summed E-state index contributed by atoms with van der Waals surface area (Å²) in [5, 5.41) is 28.3. The summed E-state index contributed by atoms with van der Waals surface area (Å²) in [7, 11) is -4.65. The highest BCUT2D eigenvalue weighted by Gasteiger charge is 2.27. The quantitative estimate of drug-likeness (QED) is 0.0153. The van der Waals surface area contributed by atoms with Gasteiger partial charge in [-0.2, -0.15) is 0 Å². The van der Waals surface area contributed by atoms with E-state index in [0.29, 0.717) is 32.1 Å². The van der Waals surface area contributed by atoms with E-state index in [-0.39, 0.29) is 19.4 Å². The fourth-order valence-electron chi connectivity index (χ4n) is 5.66. The summed E-state index contributed by atoms with van der Waals surface area (Å²) in [6, 6.07) is 0. The van der Waals surface area contributed by atoms with Gasteiger partial charge in [-0.05, 0) is 44.9 Å². The molecule has 0 aromatic rings. The zero-order chi connectivity index (χ0) is 41.4. The van der Waals surface area contributed by atoms with Crippen molar-refractivity contribution in [3.05, 3.63) is 48.6 Å². The predicted octanol–water partition coefficient (Wildman–Crippen LogP) is 10.3. The Kier molecular flexibility index (Phi) is 38.2. The SMILES string of the molecule is CCCCC/C=C\C[C@H](O)/C=C/C=C\C/C=C\CCCC(=O)O[C@H](COC(=O)CCCCCCCCCCCCCCCCC)COP(=O)(O)OC[C@@H](O)CO. The molecule has 0 radical (unpaired) electrons. The van der Waals surface area contributed by atoms with Crippen LogP contribution >= 0.6 is 7.82 Å². The molecule has 0 fully saturated rings. The maximum atomic E-state index is 12.6. The third-order valence-electron chi connectivity index (χ3n) is 9.07. The van der Waals surface area contributed by atoms with Crippen molar-refractivity contribution >= 4 is 19.8 Å². The molecule has 0 aromatic carbocycles. The molecule has 0 aliphatic rings. The van der Waals surface area contributed by atoms with Crippen molar-refractivity contribution in [2.45, 2.75) is 193 Å². The van der Waals surface area contributed by atoms with E-state index < -0.39 is 57.9 Å². The van der Waals surface area contributed by atoms with E-state index in [9.17, 15) is 29.3 Å². The number of hydrogen-bond donors (Lipinski definition) is 4. The topological polar surface area (TPSA) is 169 Å². The van der Waals surface area contributed by atoms with Gasteiger partial charge in [-0.25, -0.2) is 4.57 Å². The van der Waals surface area contributed by atoms with E-state index in [2.05, 4.69) is 24.4 Å². The third kappa shape index (κ3) is 38.7. The van der Waals surface area contributed by atoms with Crippen LogP contribution < -0.4 is 0 Å². The molecule has 0 amide bonds. The number of phosphoric ester groups is 1. The normalized spacial score (nSPS) is 14.9. The first-order valence-corrected chi connectivity index (χ1v) is 23.2. The number of carbonyl (C=O) groups excluding carboxylic acids is 2. The minimum Gasteiger partial charge on any atom is -0.462 e. The summed E-state index contributed by atoms with van der Waals surface area (Å²) >= 11 is 0. The van der Waals surface area contributed by atoms with Crippen LogP contribution in [0, 0.1) is 0 Å². The number of allylic oxidation sites excluding steroid dienone is 6. The number of rotatable bonds is 40. The van der Waals surface area contributed by atoms with Gasteiger partial charge in [0.1, 0.15) is 12.7 Å². The van der Waals surface area contributed by atoms with E-state index in [1.807, 2.05) is 36.5 Å². The number of carbonyl (C=O) groups is 2. The summed E-state index contributed by atoms with van der Waals surface area (Å²) in [6.07, 6.45) is 38.2. The van der Waals surface area contributed by atoms with Crippen molar-refractivity contribution in [1.82, 2.24) is 0 Å². The molecule has 0 rings (SSSR count). The molecule has 4 N–H and O–H groups in total. The summed E-state index contributed by atoms with van der Waals surface area (Å²) in [5.74, 6) is -1.03. The molecule has 4 atom stereocenters. The van der Waals surface area contributed by atoms with Crippen LogP contribution in [0.2, 0.25) is 0 Å². The van der Waals surface area contributed by atoms with Crippen LogP contribution in [0.5, 0.6) is 0 Å². The standard InChI is InChI=1S/C44H79O11P/c1-3-5-7-9-11-12-13-14-15-16-17-18-22-26-30-34-43(48)52-38-42(39-54-56(50,51)53-37-41(47)36-45)55-44(49)35-31-27-23-20-19-21-25-29-33-40(46)32-28-24-10-8-6-4-2/h20-21,23-25,28-29,33,40-42,45-47H,3-19,22,26-27,30-32,34-39H2,1-2H3,(H,50,51)/b23-20-,25-21-,28-24-,33-29+/t40-,41-,42+/m0/s1. The van der Waals surface area contributed by atoms with Crippen molar-refractivity contribution in [2.75, 3.05) is 26.4 Å². The highest BCUT2D eigenvalue weighted by Crippen LogP contribution is 2.43. The zero-order valence-corrected chi connectivity index (χ0v) is 35.8. The van der Waals surface area contributed by atoms with Gasteiger partial charge in [-0.1, -0.05) is 165 Å². The molecular formula is C44H79O11P. The minimum atomic E-state index is -4.65. The minimum absolute atomic E-state index is 0.0768. The first-order valence-electron chi connectivity index (χ1n) is 21.7. The molecule has 0 aliphatic carbocycles. The second kappa shape index (κ2) is 39.7. The molecule has 0 saturated carbocycles. The molecule has 326 valence electrons. The van der Waals surface area contributed by atoms with Crippen LogP contribution in [0.4, 0.5) is 0 Å². The van der Waals surface area contributed by atoms with E-state index in [0.717, 1.165) is 25.7 Å². The Bertz CT molecular complexity index is 1090. The van der Waals surface area contributed by atoms with E-state index in [1.165, 1.54) is 89.9 Å². The van der Waals surface area contributed by atoms with Crippen LogP contribution in [0.3, 0.4) is 0 Å². The molecule has 56 heavy (non-hydrogen) atoms. The van der Waals surface area contributed by atoms with Crippen molar-refractivity contribution in [3.8, 4) is 0 Å². The average Bonchev–Trinajstić information content (AvgIpc) is 3.18. The van der Waals surface area contributed by atoms with Gasteiger partial charge in [-0.3, -0.25) is 18.6 Å². The molecule has 0 aromatic heterocycles. The predicted molar refractivity (Wildman–Crippen MR) is 225 cm³/mol. The largest absolute Gasteiger partial charge is 0.472 e. The van der Waals surface area contributed by atoms with Crippen LogP contribution in [0.15, 0.2) is 48.6 Å². The second-order valence-electron chi connectivity index (χ2n) is 14.6. The molecule has 0 bridgehead atoms. The van der Waals surface area contributed by atoms with Gasteiger partial charge < -0.3 is 29.7 Å². The Labute approximate surface area is 339 Å². The number of aliphatic hydroxyl groups is 3. The lowest BCUT2D eigenvalue weighted by Crippen LogP contribution is -2.29. The van der Waals surface area contributed by atoms with Crippen LogP contribution in [-0.4, -0.2) is 76.9 Å². The summed E-state index contributed by atoms with van der Waals surface area (Å²) < 4.78 is 32.6. The van der Waals surface area contributed by atoms with E-state index in [4.69, 9.17) is 19.1 Å². The van der Waals surface area contributed by atoms with Gasteiger partial charge in [0.15, 0.2) is 6.10 Å². The number of unbranched alkanes of at least 4 members (excludes halogenated alkanes) is 18. The van der Waals surface area contributed by atoms with E-state index in [1.54, 1.807) is 6.08 Å². The fraction of sp³-hybridized carbons (Fsp3) is 0.773. The van der Waals surface area contributed by atoms with Crippen LogP contribution in [0.25, 0.3) is 0 Å². The molecule has 12 heteroatoms. The lowest BCUT2D eigenvalue weighted by molar-refractivity contribution is -0.161. The fourth-order valence-corrected chi connectivity index (χ4v) is 6.45. The molecule has 0 spiro atoms. The lowest BCUT2D eigenvalue weighted by Gasteiger charge is -2.20. The maximum Gasteiger partial charge on any atom is 0.472 e. The highest BCUT2D eigenvalue weighted by molar-refractivity contribution is 7.47. The number of phosphoric acid groups is 1. The van der Waals surface area contributed by atoms with Gasteiger partial charge in [0, 0.05) is 12.8 Å². The van der Waals surface area contributed by atoms with Gasteiger partial charge >= 0.3 is 19.8 Å². The van der Waals surface area contributed by atoms with Crippen molar-refractivity contribution in [2.24, 2.45) is 0 Å². The number of aliphatic hydroxyl groups excluding tert-OH is 3. The Hall–Kier alpha value is -2.11. The summed E-state index contributed by atoms with van der Waals surface area (Å²) in [6.45, 7) is 2.20. The highest BCUT2D eigenvalue weighted by atomic mass is 31.2. The van der Waals surface area contributed by atoms with Gasteiger partial charge in [0.25, 0.3) is 0 Å². The smallest absolute Gasteiger partial charge is 0.462 e. The van der Waals surface area contributed by atoms with Gasteiger partial charge in [0.2, 0.25) is 0 Å². The number of ether oxygens (including phenoxy) is 2. The van der Waals surface area contributed by atoms with Crippen LogP contribution in [-0.2, 0) is 32.7 Å². The molecule has 0 heterocycles. The Morgan fingerprint density at radius 3 is 1.77 bits per heavy atom. The van der Waals surface area contributed by atoms with Crippen molar-refractivity contribution in [1.29, 1.82) is 0 Å². The summed E-state index contributed by atoms with van der Waals surface area (Å²) in [5.41, 5.74) is 0. The zero-order valence-electron chi connectivity index (χ0n) is 35.0. The maximum absolute atomic E-state index is 12.6. The van der Waals surface area contributed by atoms with Gasteiger partial charge in [-0.15, -0.1) is 0 Å². The average molecular weight is 815 g/mol. The number of esters is 2. The summed E-state index contributed by atoms with van der Waals surface area (Å²) in [4.78, 5) is 34.9.